The highest BCUT2D eigenvalue weighted by Gasteiger charge is 2.10. The number of amides is 1. The van der Waals surface area contributed by atoms with Crippen molar-refractivity contribution in [3.63, 3.8) is 0 Å². The SMILES string of the molecule is Cc1ccccc1C(=O)Nc1ncccc1CN. The van der Waals surface area contributed by atoms with Crippen LogP contribution in [0, 0.1) is 6.92 Å². The molecule has 0 fully saturated rings. The van der Waals surface area contributed by atoms with E-state index in [1.807, 2.05) is 31.2 Å². The van der Waals surface area contributed by atoms with Crippen LogP contribution in [0.2, 0.25) is 0 Å². The number of nitrogens with zero attached hydrogens (tertiary/aromatic N) is 1. The van der Waals surface area contributed by atoms with Gasteiger partial charge in [-0.2, -0.15) is 0 Å². The Balaban J connectivity index is 2.24. The summed E-state index contributed by atoms with van der Waals surface area (Å²) in [5.41, 5.74) is 8.00. The lowest BCUT2D eigenvalue weighted by Gasteiger charge is -2.09. The minimum absolute atomic E-state index is 0.165. The molecule has 0 spiro atoms. The predicted octanol–water partition coefficient (Wildman–Crippen LogP) is 2.10. The van der Waals surface area contributed by atoms with Gasteiger partial charge >= 0.3 is 0 Å². The Morgan fingerprint density at radius 3 is 2.78 bits per heavy atom. The van der Waals surface area contributed by atoms with E-state index in [-0.39, 0.29) is 5.91 Å². The average Bonchev–Trinajstić information content (AvgIpc) is 2.39. The smallest absolute Gasteiger partial charge is 0.257 e. The predicted molar refractivity (Wildman–Crippen MR) is 71.3 cm³/mol. The summed E-state index contributed by atoms with van der Waals surface area (Å²) in [5, 5.41) is 2.79. The van der Waals surface area contributed by atoms with Gasteiger partial charge in [0.05, 0.1) is 0 Å². The fourth-order valence-electron chi connectivity index (χ4n) is 1.72. The van der Waals surface area contributed by atoms with E-state index in [0.29, 0.717) is 17.9 Å². The van der Waals surface area contributed by atoms with Crippen molar-refractivity contribution in [3.8, 4) is 0 Å². The molecular weight excluding hydrogens is 226 g/mol. The number of aromatic nitrogens is 1. The first-order chi connectivity index (χ1) is 8.72. The molecule has 2 rings (SSSR count). The molecule has 92 valence electrons. The minimum Gasteiger partial charge on any atom is -0.326 e. The van der Waals surface area contributed by atoms with Gasteiger partial charge in [-0.3, -0.25) is 4.79 Å². The molecule has 1 aromatic heterocycles. The number of aryl methyl sites for hydroxylation is 1. The Kier molecular flexibility index (Phi) is 3.69. The maximum atomic E-state index is 12.1. The zero-order valence-corrected chi connectivity index (χ0v) is 10.2. The molecule has 1 heterocycles. The Hall–Kier alpha value is -2.20. The molecule has 0 saturated heterocycles. The van der Waals surface area contributed by atoms with Crippen LogP contribution in [0.25, 0.3) is 0 Å². The summed E-state index contributed by atoms with van der Waals surface area (Å²) in [4.78, 5) is 16.2. The largest absolute Gasteiger partial charge is 0.326 e. The Morgan fingerprint density at radius 1 is 1.28 bits per heavy atom. The van der Waals surface area contributed by atoms with Gasteiger partial charge in [0.15, 0.2) is 0 Å². The van der Waals surface area contributed by atoms with Crippen molar-refractivity contribution in [2.75, 3.05) is 5.32 Å². The van der Waals surface area contributed by atoms with Crippen LogP contribution in [0.4, 0.5) is 5.82 Å². The van der Waals surface area contributed by atoms with Crippen LogP contribution in [0.5, 0.6) is 0 Å². The van der Waals surface area contributed by atoms with Crippen molar-refractivity contribution in [1.29, 1.82) is 0 Å². The number of carbonyl (C=O) groups is 1. The molecular formula is C14H15N3O. The Labute approximate surface area is 106 Å². The number of benzene rings is 1. The number of pyridine rings is 1. The number of rotatable bonds is 3. The second-order valence-electron chi connectivity index (χ2n) is 3.98. The van der Waals surface area contributed by atoms with Gasteiger partial charge in [-0.25, -0.2) is 4.98 Å². The van der Waals surface area contributed by atoms with Crippen molar-refractivity contribution < 1.29 is 4.79 Å². The van der Waals surface area contributed by atoms with Gasteiger partial charge in [-0.1, -0.05) is 24.3 Å². The van der Waals surface area contributed by atoms with E-state index in [2.05, 4.69) is 10.3 Å². The van der Waals surface area contributed by atoms with Gasteiger partial charge in [0, 0.05) is 23.9 Å². The third kappa shape index (κ3) is 2.55. The summed E-state index contributed by atoms with van der Waals surface area (Å²) >= 11 is 0. The average molecular weight is 241 g/mol. The van der Waals surface area contributed by atoms with Crippen LogP contribution in [-0.4, -0.2) is 10.9 Å². The molecule has 0 aliphatic rings. The molecule has 1 aromatic carbocycles. The molecule has 0 bridgehead atoms. The van der Waals surface area contributed by atoms with E-state index in [9.17, 15) is 4.79 Å². The quantitative estimate of drug-likeness (QED) is 0.864. The fraction of sp³-hybridized carbons (Fsp3) is 0.143. The number of anilines is 1. The molecule has 0 aliphatic carbocycles. The molecule has 3 N–H and O–H groups in total. The highest BCUT2D eigenvalue weighted by Crippen LogP contribution is 2.14. The molecule has 0 radical (unpaired) electrons. The van der Waals surface area contributed by atoms with Crippen molar-refractivity contribution >= 4 is 11.7 Å². The van der Waals surface area contributed by atoms with E-state index >= 15 is 0 Å². The standard InChI is InChI=1S/C14H15N3O/c1-10-5-2-3-7-12(10)14(18)17-13-11(9-15)6-4-8-16-13/h2-8H,9,15H2,1H3,(H,16,17,18). The van der Waals surface area contributed by atoms with Crippen LogP contribution in [0.3, 0.4) is 0 Å². The Bertz CT molecular complexity index is 566. The van der Waals surface area contributed by atoms with Gasteiger partial charge in [0.2, 0.25) is 0 Å². The lowest BCUT2D eigenvalue weighted by atomic mass is 10.1. The first-order valence-electron chi connectivity index (χ1n) is 5.73. The number of nitrogens with two attached hydrogens (primary N) is 1. The van der Waals surface area contributed by atoms with Crippen LogP contribution >= 0.6 is 0 Å². The van der Waals surface area contributed by atoms with Gasteiger partial charge in [0.1, 0.15) is 5.82 Å². The van der Waals surface area contributed by atoms with E-state index in [1.165, 1.54) is 0 Å². The van der Waals surface area contributed by atoms with Crippen LogP contribution < -0.4 is 11.1 Å². The topological polar surface area (TPSA) is 68.0 Å². The molecule has 1 amide bonds. The number of nitrogens with one attached hydrogen (secondary N) is 1. The lowest BCUT2D eigenvalue weighted by molar-refractivity contribution is 0.102. The summed E-state index contributed by atoms with van der Waals surface area (Å²) in [7, 11) is 0. The highest BCUT2D eigenvalue weighted by molar-refractivity contribution is 6.05. The summed E-state index contributed by atoms with van der Waals surface area (Å²) in [5.74, 6) is 0.356. The zero-order valence-electron chi connectivity index (χ0n) is 10.2. The first kappa shape index (κ1) is 12.3. The second-order valence-corrected chi connectivity index (χ2v) is 3.98. The van der Waals surface area contributed by atoms with Crippen molar-refractivity contribution in [1.82, 2.24) is 4.98 Å². The highest BCUT2D eigenvalue weighted by atomic mass is 16.1. The maximum Gasteiger partial charge on any atom is 0.257 e. The van der Waals surface area contributed by atoms with Crippen molar-refractivity contribution in [2.45, 2.75) is 13.5 Å². The summed E-state index contributed by atoms with van der Waals surface area (Å²) < 4.78 is 0. The molecule has 0 atom stereocenters. The number of hydrogen-bond acceptors (Lipinski definition) is 3. The van der Waals surface area contributed by atoms with Crippen LogP contribution in [0.1, 0.15) is 21.5 Å². The van der Waals surface area contributed by atoms with Crippen molar-refractivity contribution in [3.05, 3.63) is 59.3 Å². The molecule has 0 saturated carbocycles. The van der Waals surface area contributed by atoms with Gasteiger partial charge in [-0.05, 0) is 24.6 Å². The molecule has 0 unspecified atom stereocenters. The number of carbonyl (C=O) groups excluding carboxylic acids is 1. The lowest BCUT2D eigenvalue weighted by Crippen LogP contribution is -2.16. The van der Waals surface area contributed by atoms with Crippen molar-refractivity contribution in [2.24, 2.45) is 5.73 Å². The summed E-state index contributed by atoms with van der Waals surface area (Å²) in [6.45, 7) is 2.24. The third-order valence-electron chi connectivity index (χ3n) is 2.73. The number of hydrogen-bond donors (Lipinski definition) is 2. The molecule has 4 nitrogen and oxygen atoms in total. The molecule has 4 heteroatoms. The Morgan fingerprint density at radius 2 is 2.06 bits per heavy atom. The first-order valence-corrected chi connectivity index (χ1v) is 5.73. The van der Waals surface area contributed by atoms with E-state index in [1.54, 1.807) is 18.3 Å². The third-order valence-corrected chi connectivity index (χ3v) is 2.73. The van der Waals surface area contributed by atoms with Crippen LogP contribution in [-0.2, 0) is 6.54 Å². The van der Waals surface area contributed by atoms with Crippen LogP contribution in [0.15, 0.2) is 42.6 Å². The molecule has 18 heavy (non-hydrogen) atoms. The zero-order chi connectivity index (χ0) is 13.0. The minimum atomic E-state index is -0.165. The molecule has 0 aliphatic heterocycles. The molecule has 2 aromatic rings. The van der Waals surface area contributed by atoms with E-state index < -0.39 is 0 Å². The monoisotopic (exact) mass is 241 g/mol. The second kappa shape index (κ2) is 5.42. The van der Waals surface area contributed by atoms with Gasteiger partial charge in [-0.15, -0.1) is 0 Å². The summed E-state index contributed by atoms with van der Waals surface area (Å²) in [6, 6.07) is 11.1. The summed E-state index contributed by atoms with van der Waals surface area (Å²) in [6.07, 6.45) is 1.63. The van der Waals surface area contributed by atoms with E-state index in [0.717, 1.165) is 11.1 Å². The van der Waals surface area contributed by atoms with Gasteiger partial charge < -0.3 is 11.1 Å². The normalized spacial score (nSPS) is 10.1. The van der Waals surface area contributed by atoms with Gasteiger partial charge in [0.25, 0.3) is 5.91 Å². The maximum absolute atomic E-state index is 12.1. The van der Waals surface area contributed by atoms with E-state index in [4.69, 9.17) is 5.73 Å². The fourth-order valence-corrected chi connectivity index (χ4v) is 1.72.